The zero-order chi connectivity index (χ0) is 14.3. The Morgan fingerprint density at radius 1 is 1.30 bits per heavy atom. The second-order valence-electron chi connectivity index (χ2n) is 5.18. The van der Waals surface area contributed by atoms with Gasteiger partial charge in [0.05, 0.1) is 0 Å². The summed E-state index contributed by atoms with van der Waals surface area (Å²) >= 11 is 3.41. The van der Waals surface area contributed by atoms with Crippen LogP contribution < -0.4 is 11.6 Å². The number of nitrogens with two attached hydrogens (primary N) is 2. The molecule has 1 aromatic carbocycles. The van der Waals surface area contributed by atoms with Crippen LogP contribution in [0, 0.1) is 5.82 Å². The van der Waals surface area contributed by atoms with Crippen molar-refractivity contribution in [1.82, 2.24) is 9.66 Å². The topological polar surface area (TPSA) is 69.9 Å². The summed E-state index contributed by atoms with van der Waals surface area (Å²) in [5.74, 6) is 7.23. The maximum Gasteiger partial charge on any atom is 0.150 e. The predicted molar refractivity (Wildman–Crippen MR) is 81.1 cm³/mol. The van der Waals surface area contributed by atoms with Crippen LogP contribution >= 0.6 is 15.9 Å². The number of rotatable bonds is 2. The lowest BCUT2D eigenvalue weighted by Crippen LogP contribution is -2.17. The van der Waals surface area contributed by atoms with Crippen LogP contribution in [0.1, 0.15) is 37.4 Å². The summed E-state index contributed by atoms with van der Waals surface area (Å²) in [6.07, 6.45) is 4.54. The fourth-order valence-corrected chi connectivity index (χ4v) is 3.25. The SMILES string of the molecule is Nc1c(-c2cc(F)ccc2Br)nc(C2CCCC2)n1N. The summed E-state index contributed by atoms with van der Waals surface area (Å²) in [7, 11) is 0. The molecule has 20 heavy (non-hydrogen) atoms. The molecule has 0 atom stereocenters. The zero-order valence-electron chi connectivity index (χ0n) is 10.9. The Morgan fingerprint density at radius 2 is 2.00 bits per heavy atom. The lowest BCUT2D eigenvalue weighted by molar-refractivity contribution is 0.628. The van der Waals surface area contributed by atoms with Crippen molar-refractivity contribution in [2.24, 2.45) is 0 Å². The van der Waals surface area contributed by atoms with E-state index < -0.39 is 0 Å². The van der Waals surface area contributed by atoms with Crippen molar-refractivity contribution in [2.75, 3.05) is 11.6 Å². The van der Waals surface area contributed by atoms with Crippen LogP contribution in [-0.2, 0) is 0 Å². The first-order valence-electron chi connectivity index (χ1n) is 6.66. The highest BCUT2D eigenvalue weighted by atomic mass is 79.9. The third-order valence-corrected chi connectivity index (χ3v) is 4.57. The van der Waals surface area contributed by atoms with E-state index in [2.05, 4.69) is 20.9 Å². The Morgan fingerprint density at radius 3 is 2.70 bits per heavy atom. The molecule has 106 valence electrons. The number of hydrogen-bond acceptors (Lipinski definition) is 3. The highest BCUT2D eigenvalue weighted by Crippen LogP contribution is 2.38. The van der Waals surface area contributed by atoms with Crippen LogP contribution in [0.3, 0.4) is 0 Å². The first-order valence-corrected chi connectivity index (χ1v) is 7.46. The summed E-state index contributed by atoms with van der Waals surface area (Å²) in [5.41, 5.74) is 7.23. The molecule has 3 rings (SSSR count). The third kappa shape index (κ3) is 2.18. The molecule has 4 N–H and O–H groups in total. The van der Waals surface area contributed by atoms with Gasteiger partial charge in [-0.15, -0.1) is 0 Å². The molecule has 0 aliphatic heterocycles. The number of nitrogens with zero attached hydrogens (tertiary/aromatic N) is 2. The second-order valence-corrected chi connectivity index (χ2v) is 6.03. The molecule has 6 heteroatoms. The fraction of sp³-hybridized carbons (Fsp3) is 0.357. The molecule has 1 saturated carbocycles. The van der Waals surface area contributed by atoms with Gasteiger partial charge in [0.2, 0.25) is 0 Å². The van der Waals surface area contributed by atoms with Crippen molar-refractivity contribution < 1.29 is 4.39 Å². The van der Waals surface area contributed by atoms with Crippen LogP contribution in [0.15, 0.2) is 22.7 Å². The summed E-state index contributed by atoms with van der Waals surface area (Å²) in [6.45, 7) is 0. The molecule has 0 bridgehead atoms. The molecule has 0 amide bonds. The summed E-state index contributed by atoms with van der Waals surface area (Å²) < 4.78 is 15.6. The Balaban J connectivity index is 2.10. The van der Waals surface area contributed by atoms with Crippen molar-refractivity contribution in [2.45, 2.75) is 31.6 Å². The standard InChI is InChI=1S/C14H16BrFN4/c15-11-6-5-9(16)7-10(11)12-13(17)20(18)14(19-12)8-3-1-2-4-8/h5-8H,1-4,17-18H2. The van der Waals surface area contributed by atoms with Crippen LogP contribution in [0.2, 0.25) is 0 Å². The van der Waals surface area contributed by atoms with Gasteiger partial charge in [-0.2, -0.15) is 0 Å². The average Bonchev–Trinajstić information content (AvgIpc) is 3.04. The Kier molecular flexibility index (Phi) is 3.41. The number of hydrogen-bond donors (Lipinski definition) is 2. The minimum absolute atomic E-state index is 0.323. The van der Waals surface area contributed by atoms with Gasteiger partial charge < -0.3 is 11.6 Å². The molecule has 1 fully saturated rings. The van der Waals surface area contributed by atoms with Crippen LogP contribution in [0.5, 0.6) is 0 Å². The smallest absolute Gasteiger partial charge is 0.150 e. The lowest BCUT2D eigenvalue weighted by atomic mass is 10.1. The Hall–Kier alpha value is -1.56. The minimum Gasteiger partial charge on any atom is -0.382 e. The third-order valence-electron chi connectivity index (χ3n) is 3.88. The summed E-state index contributed by atoms with van der Waals surface area (Å²) in [4.78, 5) is 4.58. The summed E-state index contributed by atoms with van der Waals surface area (Å²) in [5, 5.41) is 0. The highest BCUT2D eigenvalue weighted by Gasteiger charge is 2.25. The first kappa shape index (κ1) is 13.4. The first-order chi connectivity index (χ1) is 9.58. The summed E-state index contributed by atoms with van der Waals surface area (Å²) in [6, 6.07) is 4.46. The van der Waals surface area contributed by atoms with E-state index >= 15 is 0 Å². The van der Waals surface area contributed by atoms with Crippen molar-refractivity contribution in [3.8, 4) is 11.3 Å². The van der Waals surface area contributed by atoms with Gasteiger partial charge >= 0.3 is 0 Å². The van der Waals surface area contributed by atoms with Gasteiger partial charge in [-0.05, 0) is 31.0 Å². The van der Waals surface area contributed by atoms with Crippen molar-refractivity contribution in [3.05, 3.63) is 34.3 Å². The van der Waals surface area contributed by atoms with Gasteiger partial charge in [0.15, 0.2) is 5.82 Å². The number of benzene rings is 1. The Bertz CT molecular complexity index is 647. The maximum absolute atomic E-state index is 13.4. The average molecular weight is 339 g/mol. The van der Waals surface area contributed by atoms with Crippen LogP contribution in [0.4, 0.5) is 10.2 Å². The molecule has 2 aromatic rings. The van der Waals surface area contributed by atoms with E-state index in [0.717, 1.165) is 23.1 Å². The second kappa shape index (κ2) is 5.09. The number of anilines is 1. The predicted octanol–water partition coefficient (Wildman–Crippen LogP) is 3.41. The van der Waals surface area contributed by atoms with E-state index in [1.807, 2.05) is 0 Å². The molecular weight excluding hydrogens is 323 g/mol. The monoisotopic (exact) mass is 338 g/mol. The molecule has 1 aromatic heterocycles. The van der Waals surface area contributed by atoms with Gasteiger partial charge in [0.1, 0.15) is 17.3 Å². The largest absolute Gasteiger partial charge is 0.382 e. The number of aromatic nitrogens is 2. The van der Waals surface area contributed by atoms with Crippen LogP contribution in [0.25, 0.3) is 11.3 Å². The van der Waals surface area contributed by atoms with Gasteiger partial charge in [0, 0.05) is 16.0 Å². The molecule has 0 saturated heterocycles. The molecule has 1 aliphatic carbocycles. The number of nitrogen functional groups attached to an aromatic ring is 2. The zero-order valence-corrected chi connectivity index (χ0v) is 12.5. The van der Waals surface area contributed by atoms with E-state index in [1.165, 1.54) is 29.7 Å². The van der Waals surface area contributed by atoms with Gasteiger partial charge in [-0.1, -0.05) is 28.8 Å². The maximum atomic E-state index is 13.4. The van der Waals surface area contributed by atoms with Crippen molar-refractivity contribution >= 4 is 21.7 Å². The molecule has 0 unspecified atom stereocenters. The quantitative estimate of drug-likeness (QED) is 0.824. The highest BCUT2D eigenvalue weighted by molar-refractivity contribution is 9.10. The van der Waals surface area contributed by atoms with E-state index in [9.17, 15) is 4.39 Å². The van der Waals surface area contributed by atoms with Gasteiger partial charge in [-0.25, -0.2) is 14.1 Å². The van der Waals surface area contributed by atoms with Gasteiger partial charge in [0.25, 0.3) is 0 Å². The minimum atomic E-state index is -0.323. The fourth-order valence-electron chi connectivity index (χ4n) is 2.81. The molecule has 0 spiro atoms. The molecule has 4 nitrogen and oxygen atoms in total. The number of halogens is 2. The molecule has 1 heterocycles. The van der Waals surface area contributed by atoms with E-state index in [0.29, 0.717) is 23.0 Å². The Labute approximate surface area is 125 Å². The van der Waals surface area contributed by atoms with Crippen molar-refractivity contribution in [1.29, 1.82) is 0 Å². The van der Waals surface area contributed by atoms with Gasteiger partial charge in [-0.3, -0.25) is 0 Å². The lowest BCUT2D eigenvalue weighted by Gasteiger charge is -2.08. The van der Waals surface area contributed by atoms with E-state index in [4.69, 9.17) is 11.6 Å². The number of imidazole rings is 1. The molecular formula is C14H16BrFN4. The van der Waals surface area contributed by atoms with E-state index in [-0.39, 0.29) is 5.82 Å². The van der Waals surface area contributed by atoms with Crippen LogP contribution in [-0.4, -0.2) is 9.66 Å². The molecule has 1 aliphatic rings. The molecule has 0 radical (unpaired) electrons. The van der Waals surface area contributed by atoms with Crippen molar-refractivity contribution in [3.63, 3.8) is 0 Å². The van der Waals surface area contributed by atoms with E-state index in [1.54, 1.807) is 6.07 Å². The normalized spacial score (nSPS) is 15.9.